The predicted molar refractivity (Wildman–Crippen MR) is 75.6 cm³/mol. The molecule has 0 aliphatic heterocycles. The monoisotopic (exact) mass is 225 g/mol. The van der Waals surface area contributed by atoms with Gasteiger partial charge in [0, 0.05) is 0 Å². The molecule has 0 fully saturated rings. The van der Waals surface area contributed by atoms with Crippen LogP contribution < -0.4 is 0 Å². The third-order valence-corrected chi connectivity index (χ3v) is 3.45. The molecule has 0 atom stereocenters. The highest BCUT2D eigenvalue weighted by Crippen LogP contribution is 2.23. The second-order valence-electron chi connectivity index (χ2n) is 5.55. The van der Waals surface area contributed by atoms with Crippen molar-refractivity contribution in [1.82, 2.24) is 0 Å². The van der Waals surface area contributed by atoms with E-state index in [9.17, 15) is 0 Å². The van der Waals surface area contributed by atoms with Gasteiger partial charge in [-0.15, -0.1) is 0 Å². The van der Waals surface area contributed by atoms with Gasteiger partial charge in [-0.1, -0.05) is 72.6 Å². The summed E-state index contributed by atoms with van der Waals surface area (Å²) < 4.78 is 0. The van der Waals surface area contributed by atoms with Crippen molar-refractivity contribution in [2.45, 2.75) is 91.9 Å². The average Bonchev–Trinajstić information content (AvgIpc) is 2.26. The van der Waals surface area contributed by atoms with Crippen molar-refractivity contribution in [3.05, 3.63) is 5.92 Å². The summed E-state index contributed by atoms with van der Waals surface area (Å²) in [4.78, 5) is 0. The van der Waals surface area contributed by atoms with E-state index >= 15 is 0 Å². The van der Waals surface area contributed by atoms with Crippen molar-refractivity contribution in [3.63, 3.8) is 0 Å². The summed E-state index contributed by atoms with van der Waals surface area (Å²) in [6.45, 7) is 9.27. The molecule has 0 bridgehead atoms. The van der Waals surface area contributed by atoms with E-state index in [0.717, 1.165) is 5.92 Å². The van der Waals surface area contributed by atoms with Gasteiger partial charge in [-0.05, 0) is 31.1 Å². The summed E-state index contributed by atoms with van der Waals surface area (Å²) in [6.07, 6.45) is 14.0. The molecule has 97 valence electrons. The van der Waals surface area contributed by atoms with Gasteiger partial charge in [-0.2, -0.15) is 0 Å². The number of unbranched alkanes of at least 4 members (excludes halogenated alkanes) is 4. The Morgan fingerprint density at radius 1 is 0.812 bits per heavy atom. The molecule has 0 saturated carbocycles. The van der Waals surface area contributed by atoms with Gasteiger partial charge in [0.25, 0.3) is 0 Å². The van der Waals surface area contributed by atoms with Gasteiger partial charge < -0.3 is 0 Å². The van der Waals surface area contributed by atoms with Crippen LogP contribution in [0.15, 0.2) is 0 Å². The second kappa shape index (κ2) is 11.5. The van der Waals surface area contributed by atoms with Gasteiger partial charge in [-0.25, -0.2) is 0 Å². The highest BCUT2D eigenvalue weighted by Gasteiger charge is 2.06. The Labute approximate surface area is 104 Å². The van der Waals surface area contributed by atoms with E-state index in [0.29, 0.717) is 0 Å². The molecule has 0 amide bonds. The minimum atomic E-state index is 0.888. The first-order chi connectivity index (χ1) is 7.70. The van der Waals surface area contributed by atoms with E-state index < -0.39 is 0 Å². The molecule has 0 spiro atoms. The molecule has 16 heavy (non-hydrogen) atoms. The standard InChI is InChI=1S/C16H33/c1-5-7-9-13-16(6-2)14-11-8-10-12-15(3)4/h15H,5-14H2,1-4H3. The summed E-state index contributed by atoms with van der Waals surface area (Å²) >= 11 is 0. The largest absolute Gasteiger partial charge is 0.0654 e. The smallest absolute Gasteiger partial charge is 0.0244 e. The topological polar surface area (TPSA) is 0 Å². The Hall–Kier alpha value is 0. The van der Waals surface area contributed by atoms with Crippen LogP contribution in [0.4, 0.5) is 0 Å². The van der Waals surface area contributed by atoms with Gasteiger partial charge in [0.05, 0.1) is 0 Å². The zero-order chi connectivity index (χ0) is 12.2. The molecule has 0 aliphatic rings. The molecule has 0 heteroatoms. The van der Waals surface area contributed by atoms with Gasteiger partial charge in [0.2, 0.25) is 0 Å². The fourth-order valence-corrected chi connectivity index (χ4v) is 2.21. The van der Waals surface area contributed by atoms with Crippen LogP contribution in [0, 0.1) is 11.8 Å². The van der Waals surface area contributed by atoms with Crippen LogP contribution in [0.25, 0.3) is 0 Å². The van der Waals surface area contributed by atoms with E-state index in [1.165, 1.54) is 64.2 Å². The Morgan fingerprint density at radius 2 is 1.44 bits per heavy atom. The first kappa shape index (κ1) is 16.0. The second-order valence-corrected chi connectivity index (χ2v) is 5.55. The third-order valence-electron chi connectivity index (χ3n) is 3.45. The van der Waals surface area contributed by atoms with Gasteiger partial charge >= 0.3 is 0 Å². The molecular formula is C16H33. The number of rotatable bonds is 11. The molecule has 0 aromatic rings. The third kappa shape index (κ3) is 10.5. The van der Waals surface area contributed by atoms with Crippen LogP contribution in [-0.2, 0) is 0 Å². The first-order valence-electron chi connectivity index (χ1n) is 7.54. The van der Waals surface area contributed by atoms with E-state index in [2.05, 4.69) is 27.7 Å². The molecule has 1 radical (unpaired) electrons. The lowest BCUT2D eigenvalue weighted by atomic mass is 9.92. The molecule has 0 rings (SSSR count). The van der Waals surface area contributed by atoms with Crippen molar-refractivity contribution >= 4 is 0 Å². The zero-order valence-electron chi connectivity index (χ0n) is 12.1. The fraction of sp³-hybridized carbons (Fsp3) is 0.938. The van der Waals surface area contributed by atoms with E-state index in [1.807, 2.05) is 5.92 Å². The Kier molecular flexibility index (Phi) is 11.5. The normalized spacial score (nSPS) is 11.6. The highest BCUT2D eigenvalue weighted by atomic mass is 14.1. The van der Waals surface area contributed by atoms with Crippen molar-refractivity contribution in [3.8, 4) is 0 Å². The summed E-state index contributed by atoms with van der Waals surface area (Å²) in [6, 6.07) is 0. The molecule has 0 aromatic heterocycles. The number of hydrogen-bond acceptors (Lipinski definition) is 0. The highest BCUT2D eigenvalue weighted by molar-refractivity contribution is 4.87. The first-order valence-corrected chi connectivity index (χ1v) is 7.54. The van der Waals surface area contributed by atoms with Crippen molar-refractivity contribution < 1.29 is 0 Å². The van der Waals surface area contributed by atoms with E-state index in [-0.39, 0.29) is 0 Å². The Balaban J connectivity index is 3.33. The van der Waals surface area contributed by atoms with E-state index in [4.69, 9.17) is 0 Å². The maximum atomic E-state index is 2.33. The van der Waals surface area contributed by atoms with Crippen LogP contribution in [-0.4, -0.2) is 0 Å². The van der Waals surface area contributed by atoms with Crippen LogP contribution in [0.5, 0.6) is 0 Å². The maximum Gasteiger partial charge on any atom is -0.0244 e. The summed E-state index contributed by atoms with van der Waals surface area (Å²) in [7, 11) is 0. The maximum absolute atomic E-state index is 2.33. The van der Waals surface area contributed by atoms with E-state index in [1.54, 1.807) is 0 Å². The lowest BCUT2D eigenvalue weighted by Gasteiger charge is -2.13. The fourth-order valence-electron chi connectivity index (χ4n) is 2.21. The van der Waals surface area contributed by atoms with Crippen LogP contribution >= 0.6 is 0 Å². The number of hydrogen-bond donors (Lipinski definition) is 0. The molecule has 0 heterocycles. The van der Waals surface area contributed by atoms with Gasteiger partial charge in [-0.3, -0.25) is 0 Å². The average molecular weight is 225 g/mol. The molecule has 0 N–H and O–H groups in total. The van der Waals surface area contributed by atoms with Gasteiger partial charge in [0.15, 0.2) is 0 Å². The van der Waals surface area contributed by atoms with Crippen molar-refractivity contribution in [2.75, 3.05) is 0 Å². The van der Waals surface area contributed by atoms with Crippen LogP contribution in [0.1, 0.15) is 91.9 Å². The molecule has 0 unspecified atom stereocenters. The lowest BCUT2D eigenvalue weighted by molar-refractivity contribution is 0.510. The van der Waals surface area contributed by atoms with Crippen LogP contribution in [0.3, 0.4) is 0 Å². The van der Waals surface area contributed by atoms with Crippen molar-refractivity contribution in [2.24, 2.45) is 5.92 Å². The minimum absolute atomic E-state index is 0.888. The summed E-state index contributed by atoms with van der Waals surface area (Å²) in [5.74, 6) is 2.71. The zero-order valence-corrected chi connectivity index (χ0v) is 12.1. The lowest BCUT2D eigenvalue weighted by Crippen LogP contribution is -1.97. The Morgan fingerprint density at radius 3 is 1.94 bits per heavy atom. The predicted octanol–water partition coefficient (Wildman–Crippen LogP) is 6.16. The quantitative estimate of drug-likeness (QED) is 0.369. The minimum Gasteiger partial charge on any atom is -0.0654 e. The molecule has 0 aromatic carbocycles. The SMILES string of the molecule is CCCCC[C](CC)CCCCCC(C)C. The summed E-state index contributed by atoms with van der Waals surface area (Å²) in [5.41, 5.74) is 0. The molecule has 0 nitrogen and oxygen atoms in total. The molecular weight excluding hydrogens is 192 g/mol. The Bertz CT molecular complexity index is 126. The van der Waals surface area contributed by atoms with Gasteiger partial charge in [0.1, 0.15) is 0 Å². The van der Waals surface area contributed by atoms with Crippen LogP contribution in [0.2, 0.25) is 0 Å². The van der Waals surface area contributed by atoms with Crippen molar-refractivity contribution in [1.29, 1.82) is 0 Å². The summed E-state index contributed by atoms with van der Waals surface area (Å²) in [5, 5.41) is 0. The molecule has 0 aliphatic carbocycles. The molecule has 0 saturated heterocycles.